The van der Waals surface area contributed by atoms with Crippen LogP contribution in [0.15, 0.2) is 18.2 Å². The van der Waals surface area contributed by atoms with E-state index in [1.54, 1.807) is 39.0 Å². The summed E-state index contributed by atoms with van der Waals surface area (Å²) in [5.74, 6) is 0.765. The Labute approximate surface area is 136 Å². The average Bonchev–Trinajstić information content (AvgIpc) is 2.49. The highest BCUT2D eigenvalue weighted by atomic mass is 16.6. The number of carbonyl (C=O) groups is 1. The third-order valence-corrected chi connectivity index (χ3v) is 2.98. The number of hydrogen-bond donors (Lipinski definition) is 3. The molecule has 0 spiro atoms. The molecule has 1 rings (SSSR count). The lowest BCUT2D eigenvalue weighted by Crippen LogP contribution is -2.39. The Morgan fingerprint density at radius 2 is 1.70 bits per heavy atom. The summed E-state index contributed by atoms with van der Waals surface area (Å²) >= 11 is 0. The number of carbonyl (C=O) groups excluding carboxylic acids is 1. The van der Waals surface area contributed by atoms with E-state index in [1.165, 1.54) is 14.2 Å². The molecule has 23 heavy (non-hydrogen) atoms. The molecule has 0 heterocycles. The summed E-state index contributed by atoms with van der Waals surface area (Å²) < 4.78 is 15.4. The van der Waals surface area contributed by atoms with Gasteiger partial charge in [-0.2, -0.15) is 0 Å². The molecule has 2 unspecified atom stereocenters. The molecule has 0 radical (unpaired) electrons. The van der Waals surface area contributed by atoms with Crippen molar-refractivity contribution < 1.29 is 29.2 Å². The monoisotopic (exact) mass is 327 g/mol. The standard InChI is InChI=1S/C16H25NO6/c1-16(2,3)23-15(20)17-9-10(18)14(19)13-11(21-4)7-6-8-12(13)22-5/h6-8,10,14,18-19H,9H2,1-5H3,(H,17,20). The number of ether oxygens (including phenoxy) is 3. The summed E-state index contributed by atoms with van der Waals surface area (Å²) in [7, 11) is 2.91. The third kappa shape index (κ3) is 5.61. The second kappa shape index (κ2) is 8.03. The van der Waals surface area contributed by atoms with Crippen LogP contribution >= 0.6 is 0 Å². The van der Waals surface area contributed by atoms with Crippen LogP contribution in [0.5, 0.6) is 11.5 Å². The quantitative estimate of drug-likeness (QED) is 0.735. The number of hydrogen-bond acceptors (Lipinski definition) is 6. The van der Waals surface area contributed by atoms with Crippen molar-refractivity contribution >= 4 is 6.09 Å². The van der Waals surface area contributed by atoms with Crippen LogP contribution in [-0.4, -0.2) is 48.8 Å². The van der Waals surface area contributed by atoms with E-state index >= 15 is 0 Å². The van der Waals surface area contributed by atoms with E-state index in [0.29, 0.717) is 17.1 Å². The van der Waals surface area contributed by atoms with E-state index < -0.39 is 23.9 Å². The molecule has 0 bridgehead atoms. The van der Waals surface area contributed by atoms with Gasteiger partial charge in [0.25, 0.3) is 0 Å². The smallest absolute Gasteiger partial charge is 0.407 e. The van der Waals surface area contributed by atoms with Gasteiger partial charge in [0.2, 0.25) is 0 Å². The third-order valence-electron chi connectivity index (χ3n) is 2.98. The van der Waals surface area contributed by atoms with E-state index in [9.17, 15) is 15.0 Å². The number of rotatable bonds is 6. The number of methoxy groups -OCH3 is 2. The molecule has 3 N–H and O–H groups in total. The van der Waals surface area contributed by atoms with Gasteiger partial charge in [0.15, 0.2) is 0 Å². The molecule has 0 aliphatic heterocycles. The van der Waals surface area contributed by atoms with E-state index in [1.807, 2.05) is 0 Å². The Bertz CT molecular complexity index is 504. The zero-order chi connectivity index (χ0) is 17.6. The fraction of sp³-hybridized carbons (Fsp3) is 0.562. The van der Waals surface area contributed by atoms with Crippen molar-refractivity contribution in [2.75, 3.05) is 20.8 Å². The SMILES string of the molecule is COc1cccc(OC)c1C(O)C(O)CNC(=O)OC(C)(C)C. The second-order valence-electron chi connectivity index (χ2n) is 5.97. The van der Waals surface area contributed by atoms with Gasteiger partial charge in [-0.1, -0.05) is 6.07 Å². The Balaban J connectivity index is 2.78. The van der Waals surface area contributed by atoms with Crippen LogP contribution in [0.3, 0.4) is 0 Å². The van der Waals surface area contributed by atoms with Crippen LogP contribution < -0.4 is 14.8 Å². The van der Waals surface area contributed by atoms with Crippen LogP contribution in [-0.2, 0) is 4.74 Å². The normalized spacial score (nSPS) is 13.9. The van der Waals surface area contributed by atoms with Gasteiger partial charge in [-0.25, -0.2) is 4.79 Å². The molecule has 2 atom stereocenters. The van der Waals surface area contributed by atoms with Crippen molar-refractivity contribution in [3.8, 4) is 11.5 Å². The van der Waals surface area contributed by atoms with Crippen LogP contribution in [0.4, 0.5) is 4.79 Å². The summed E-state index contributed by atoms with van der Waals surface area (Å²) in [6.45, 7) is 5.02. The van der Waals surface area contributed by atoms with Crippen molar-refractivity contribution in [3.05, 3.63) is 23.8 Å². The molecule has 130 valence electrons. The minimum atomic E-state index is -1.30. The molecule has 0 saturated carbocycles. The number of aliphatic hydroxyl groups excluding tert-OH is 2. The molecule has 0 aromatic heterocycles. The average molecular weight is 327 g/mol. The van der Waals surface area contributed by atoms with Crippen LogP contribution in [0.25, 0.3) is 0 Å². The first kappa shape index (κ1) is 19.1. The van der Waals surface area contributed by atoms with Gasteiger partial charge in [-0.15, -0.1) is 0 Å². The molecule has 0 fully saturated rings. The van der Waals surface area contributed by atoms with E-state index in [0.717, 1.165) is 0 Å². The molecule has 7 heteroatoms. The van der Waals surface area contributed by atoms with Gasteiger partial charge < -0.3 is 29.7 Å². The zero-order valence-electron chi connectivity index (χ0n) is 14.1. The first-order chi connectivity index (χ1) is 10.7. The Kier molecular flexibility index (Phi) is 6.65. The summed E-state index contributed by atoms with van der Waals surface area (Å²) in [5, 5.41) is 22.9. The molecular formula is C16H25NO6. The molecule has 0 aliphatic carbocycles. The van der Waals surface area contributed by atoms with Crippen LogP contribution in [0, 0.1) is 0 Å². The molecule has 1 aromatic carbocycles. The van der Waals surface area contributed by atoms with Gasteiger partial charge in [-0.3, -0.25) is 0 Å². The fourth-order valence-corrected chi connectivity index (χ4v) is 1.98. The lowest BCUT2D eigenvalue weighted by atomic mass is 10.0. The highest BCUT2D eigenvalue weighted by Crippen LogP contribution is 2.35. The predicted molar refractivity (Wildman–Crippen MR) is 84.7 cm³/mol. The Morgan fingerprint density at radius 1 is 1.17 bits per heavy atom. The molecule has 7 nitrogen and oxygen atoms in total. The van der Waals surface area contributed by atoms with E-state index in [4.69, 9.17) is 14.2 Å². The molecule has 1 aromatic rings. The van der Waals surface area contributed by atoms with E-state index in [2.05, 4.69) is 5.32 Å². The first-order valence-electron chi connectivity index (χ1n) is 7.23. The number of alkyl carbamates (subject to hydrolysis) is 1. The zero-order valence-corrected chi connectivity index (χ0v) is 14.1. The fourth-order valence-electron chi connectivity index (χ4n) is 1.98. The molecular weight excluding hydrogens is 302 g/mol. The first-order valence-corrected chi connectivity index (χ1v) is 7.23. The van der Waals surface area contributed by atoms with Gasteiger partial charge in [0.1, 0.15) is 29.3 Å². The maximum atomic E-state index is 11.6. The van der Waals surface area contributed by atoms with Gasteiger partial charge in [0.05, 0.1) is 19.8 Å². The van der Waals surface area contributed by atoms with Crippen molar-refractivity contribution in [2.45, 2.75) is 38.6 Å². The highest BCUT2D eigenvalue weighted by molar-refractivity contribution is 5.67. The summed E-state index contributed by atoms with van der Waals surface area (Å²) in [6.07, 6.45) is -3.22. The van der Waals surface area contributed by atoms with E-state index in [-0.39, 0.29) is 6.54 Å². The Hall–Kier alpha value is -1.99. The number of aliphatic hydroxyl groups is 2. The van der Waals surface area contributed by atoms with Gasteiger partial charge in [-0.05, 0) is 32.9 Å². The minimum absolute atomic E-state index is 0.183. The largest absolute Gasteiger partial charge is 0.496 e. The predicted octanol–water partition coefficient (Wildman–Crippen LogP) is 1.62. The number of benzene rings is 1. The molecule has 0 aliphatic rings. The summed E-state index contributed by atoms with van der Waals surface area (Å²) in [4.78, 5) is 11.6. The van der Waals surface area contributed by atoms with Crippen molar-refractivity contribution in [3.63, 3.8) is 0 Å². The van der Waals surface area contributed by atoms with Crippen LogP contribution in [0.1, 0.15) is 32.4 Å². The van der Waals surface area contributed by atoms with Gasteiger partial charge in [0, 0.05) is 6.54 Å². The summed E-state index contributed by atoms with van der Waals surface area (Å²) in [5.41, 5.74) is -0.324. The molecule has 1 amide bonds. The maximum Gasteiger partial charge on any atom is 0.407 e. The second-order valence-corrected chi connectivity index (χ2v) is 5.97. The number of nitrogens with one attached hydrogen (secondary N) is 1. The lowest BCUT2D eigenvalue weighted by Gasteiger charge is -2.24. The van der Waals surface area contributed by atoms with Crippen molar-refractivity contribution in [1.29, 1.82) is 0 Å². The lowest BCUT2D eigenvalue weighted by molar-refractivity contribution is 0.0108. The van der Waals surface area contributed by atoms with Crippen molar-refractivity contribution in [2.24, 2.45) is 0 Å². The topological polar surface area (TPSA) is 97.3 Å². The highest BCUT2D eigenvalue weighted by Gasteiger charge is 2.26. The summed E-state index contributed by atoms with van der Waals surface area (Å²) in [6, 6.07) is 5.00. The Morgan fingerprint density at radius 3 is 2.13 bits per heavy atom. The van der Waals surface area contributed by atoms with Crippen molar-refractivity contribution in [1.82, 2.24) is 5.32 Å². The number of amides is 1. The maximum absolute atomic E-state index is 11.6. The van der Waals surface area contributed by atoms with Crippen LogP contribution in [0.2, 0.25) is 0 Å². The molecule has 0 saturated heterocycles. The minimum Gasteiger partial charge on any atom is -0.496 e. The van der Waals surface area contributed by atoms with Gasteiger partial charge >= 0.3 is 6.09 Å².